The Morgan fingerprint density at radius 1 is 1.11 bits per heavy atom. The zero-order valence-electron chi connectivity index (χ0n) is 15.8. The molecule has 140 valence electrons. The maximum atomic E-state index is 12.3. The smallest absolute Gasteiger partial charge is 0.230 e. The van der Waals surface area contributed by atoms with Crippen LogP contribution >= 0.6 is 11.8 Å². The lowest BCUT2D eigenvalue weighted by Gasteiger charge is -2.14. The molecule has 0 fully saturated rings. The number of nitrogens with one attached hydrogen (secondary N) is 1. The van der Waals surface area contributed by atoms with Crippen LogP contribution in [0.15, 0.2) is 59.8 Å². The van der Waals surface area contributed by atoms with Gasteiger partial charge in [-0.1, -0.05) is 73.3 Å². The summed E-state index contributed by atoms with van der Waals surface area (Å²) in [5.74, 6) is 1.08. The number of aryl methyl sites for hydroxylation is 1. The van der Waals surface area contributed by atoms with E-state index in [1.165, 1.54) is 17.3 Å². The Labute approximate surface area is 164 Å². The molecule has 0 bridgehead atoms. The lowest BCUT2D eigenvalue weighted by atomic mass is 10.1. The summed E-state index contributed by atoms with van der Waals surface area (Å²) in [5.41, 5.74) is 3.41. The van der Waals surface area contributed by atoms with Gasteiger partial charge < -0.3 is 9.88 Å². The first-order valence-corrected chi connectivity index (χ1v) is 10.0. The van der Waals surface area contributed by atoms with Crippen molar-refractivity contribution >= 4 is 17.7 Å². The second kappa shape index (κ2) is 8.86. The van der Waals surface area contributed by atoms with Gasteiger partial charge >= 0.3 is 0 Å². The van der Waals surface area contributed by atoms with Crippen molar-refractivity contribution in [1.29, 1.82) is 0 Å². The molecule has 5 nitrogen and oxygen atoms in total. The third-order valence-electron chi connectivity index (χ3n) is 4.46. The van der Waals surface area contributed by atoms with Crippen molar-refractivity contribution in [2.75, 3.05) is 5.75 Å². The van der Waals surface area contributed by atoms with E-state index in [1.54, 1.807) is 0 Å². The largest absolute Gasteiger partial charge is 0.349 e. The molecule has 1 atom stereocenters. The number of hydrogen-bond acceptors (Lipinski definition) is 4. The summed E-state index contributed by atoms with van der Waals surface area (Å²) in [7, 11) is 1.92. The molecule has 0 aliphatic carbocycles. The first-order valence-electron chi connectivity index (χ1n) is 9.04. The number of amides is 1. The Morgan fingerprint density at radius 2 is 1.81 bits per heavy atom. The number of carbonyl (C=O) groups excluding carboxylic acids is 1. The van der Waals surface area contributed by atoms with E-state index in [9.17, 15) is 4.79 Å². The van der Waals surface area contributed by atoms with E-state index in [-0.39, 0.29) is 11.9 Å². The minimum atomic E-state index is -0.0246. The maximum Gasteiger partial charge on any atom is 0.230 e. The van der Waals surface area contributed by atoms with Crippen LogP contribution in [0.2, 0.25) is 0 Å². The van der Waals surface area contributed by atoms with Crippen LogP contribution < -0.4 is 5.32 Å². The van der Waals surface area contributed by atoms with Crippen molar-refractivity contribution < 1.29 is 4.79 Å². The fraction of sp³-hybridized carbons (Fsp3) is 0.286. The van der Waals surface area contributed by atoms with Crippen molar-refractivity contribution in [3.63, 3.8) is 0 Å². The molecule has 0 aliphatic rings. The molecule has 3 aromatic rings. The minimum Gasteiger partial charge on any atom is -0.349 e. The highest BCUT2D eigenvalue weighted by Gasteiger charge is 2.14. The number of thioether (sulfide) groups is 1. The molecule has 27 heavy (non-hydrogen) atoms. The van der Waals surface area contributed by atoms with Gasteiger partial charge in [-0.05, 0) is 24.5 Å². The van der Waals surface area contributed by atoms with Gasteiger partial charge in [0.25, 0.3) is 0 Å². The summed E-state index contributed by atoms with van der Waals surface area (Å²) < 4.78 is 1.92. The molecule has 0 saturated carbocycles. The van der Waals surface area contributed by atoms with Gasteiger partial charge in [-0.15, -0.1) is 10.2 Å². The van der Waals surface area contributed by atoms with Crippen LogP contribution in [0.1, 0.15) is 31.0 Å². The average molecular weight is 381 g/mol. The Morgan fingerprint density at radius 3 is 2.48 bits per heavy atom. The van der Waals surface area contributed by atoms with Gasteiger partial charge in [-0.2, -0.15) is 0 Å². The number of rotatable bonds is 7. The molecule has 1 N–H and O–H groups in total. The quantitative estimate of drug-likeness (QED) is 0.629. The van der Waals surface area contributed by atoms with Gasteiger partial charge in [0.05, 0.1) is 11.8 Å². The zero-order chi connectivity index (χ0) is 19.2. The molecular weight excluding hydrogens is 356 g/mol. The zero-order valence-corrected chi connectivity index (χ0v) is 16.7. The van der Waals surface area contributed by atoms with E-state index in [2.05, 4.69) is 46.7 Å². The van der Waals surface area contributed by atoms with Crippen molar-refractivity contribution in [2.24, 2.45) is 7.05 Å². The monoisotopic (exact) mass is 380 g/mol. The third kappa shape index (κ3) is 4.77. The molecule has 1 amide bonds. The number of nitrogens with zero attached hydrogens (tertiary/aromatic N) is 3. The molecular formula is C21H24N4OS. The molecule has 0 spiro atoms. The van der Waals surface area contributed by atoms with Gasteiger partial charge in [-0.3, -0.25) is 4.79 Å². The predicted octanol–water partition coefficient (Wildman–Crippen LogP) is 4.01. The van der Waals surface area contributed by atoms with Crippen LogP contribution in [-0.4, -0.2) is 26.4 Å². The van der Waals surface area contributed by atoms with Crippen molar-refractivity contribution in [3.05, 3.63) is 65.7 Å². The Hall–Kier alpha value is -2.60. The summed E-state index contributed by atoms with van der Waals surface area (Å²) in [6.07, 6.45) is 1.01. The van der Waals surface area contributed by atoms with Crippen LogP contribution in [-0.2, 0) is 18.3 Å². The summed E-state index contributed by atoms with van der Waals surface area (Å²) in [6, 6.07) is 18.2. The number of aromatic nitrogens is 3. The number of benzene rings is 2. The van der Waals surface area contributed by atoms with E-state index in [4.69, 9.17) is 0 Å². The van der Waals surface area contributed by atoms with Crippen LogP contribution in [0.3, 0.4) is 0 Å². The van der Waals surface area contributed by atoms with Crippen LogP contribution in [0.4, 0.5) is 0 Å². The summed E-state index contributed by atoms with van der Waals surface area (Å²) in [4.78, 5) is 12.3. The van der Waals surface area contributed by atoms with Crippen LogP contribution in [0, 0.1) is 0 Å². The summed E-state index contributed by atoms with van der Waals surface area (Å²) in [5, 5.41) is 12.2. The standard InChI is InChI=1S/C21H24N4OS/c1-4-16-10-12-17(13-11-16)15(2)22-19(26)14-27-21-24-23-20(25(21)3)18-8-6-5-7-9-18/h5-13,15H,4,14H2,1-3H3,(H,22,26). The molecule has 1 heterocycles. The van der Waals surface area contributed by atoms with E-state index in [0.717, 1.165) is 28.5 Å². The lowest BCUT2D eigenvalue weighted by Crippen LogP contribution is -2.28. The molecule has 1 aromatic heterocycles. The number of carbonyl (C=O) groups is 1. The molecule has 0 saturated heterocycles. The highest BCUT2D eigenvalue weighted by atomic mass is 32.2. The highest BCUT2D eigenvalue weighted by molar-refractivity contribution is 7.99. The molecule has 0 radical (unpaired) electrons. The Bertz CT molecular complexity index is 890. The van der Waals surface area contributed by atoms with E-state index < -0.39 is 0 Å². The third-order valence-corrected chi connectivity index (χ3v) is 5.48. The molecule has 0 aliphatic heterocycles. The fourth-order valence-corrected chi connectivity index (χ4v) is 3.54. The van der Waals surface area contributed by atoms with Gasteiger partial charge in [0.1, 0.15) is 0 Å². The molecule has 2 aromatic carbocycles. The molecule has 1 unspecified atom stereocenters. The Kier molecular flexibility index (Phi) is 6.29. The maximum absolute atomic E-state index is 12.3. The van der Waals surface area contributed by atoms with Crippen molar-refractivity contribution in [3.8, 4) is 11.4 Å². The first kappa shape index (κ1) is 19.2. The average Bonchev–Trinajstić information content (AvgIpc) is 3.07. The van der Waals surface area contributed by atoms with Crippen LogP contribution in [0.25, 0.3) is 11.4 Å². The molecule has 3 rings (SSSR count). The molecule has 6 heteroatoms. The predicted molar refractivity (Wildman–Crippen MR) is 110 cm³/mol. The highest BCUT2D eigenvalue weighted by Crippen LogP contribution is 2.22. The lowest BCUT2D eigenvalue weighted by molar-refractivity contribution is -0.119. The van der Waals surface area contributed by atoms with E-state index in [1.807, 2.05) is 48.9 Å². The normalized spacial score (nSPS) is 12.0. The fourth-order valence-electron chi connectivity index (χ4n) is 2.82. The SMILES string of the molecule is CCc1ccc(C(C)NC(=O)CSc2nnc(-c3ccccc3)n2C)cc1. The second-order valence-corrected chi connectivity index (χ2v) is 7.35. The first-order chi connectivity index (χ1) is 13.1. The number of hydrogen-bond donors (Lipinski definition) is 1. The Balaban J connectivity index is 1.57. The second-order valence-electron chi connectivity index (χ2n) is 6.40. The van der Waals surface area contributed by atoms with E-state index >= 15 is 0 Å². The summed E-state index contributed by atoms with van der Waals surface area (Å²) in [6.45, 7) is 4.13. The minimum absolute atomic E-state index is 0.0173. The van der Waals surface area contributed by atoms with Crippen molar-refractivity contribution in [2.45, 2.75) is 31.5 Å². The topological polar surface area (TPSA) is 59.8 Å². The van der Waals surface area contributed by atoms with Gasteiger partial charge in [-0.25, -0.2) is 0 Å². The van der Waals surface area contributed by atoms with E-state index in [0.29, 0.717) is 5.75 Å². The van der Waals surface area contributed by atoms with Gasteiger partial charge in [0, 0.05) is 12.6 Å². The van der Waals surface area contributed by atoms with Crippen LogP contribution in [0.5, 0.6) is 0 Å². The van der Waals surface area contributed by atoms with Crippen molar-refractivity contribution in [1.82, 2.24) is 20.1 Å². The van der Waals surface area contributed by atoms with Gasteiger partial charge in [0.15, 0.2) is 11.0 Å². The van der Waals surface area contributed by atoms with Gasteiger partial charge in [0.2, 0.25) is 5.91 Å². The summed E-state index contributed by atoms with van der Waals surface area (Å²) >= 11 is 1.39.